The molecule has 3 rings (SSSR count). The molecule has 3 saturated heterocycles. The minimum atomic E-state index is -3.32. The molecule has 126 valence electrons. The Balaban J connectivity index is 1.68. The molecule has 2 atom stereocenters. The Bertz CT molecular complexity index is 504. The third kappa shape index (κ3) is 3.29. The van der Waals surface area contributed by atoms with Crippen LogP contribution in [0.3, 0.4) is 0 Å². The summed E-state index contributed by atoms with van der Waals surface area (Å²) in [6.07, 6.45) is 3.18. The highest BCUT2D eigenvalue weighted by Crippen LogP contribution is 2.24. The normalized spacial score (nSPS) is 32.2. The molecule has 0 aliphatic carbocycles. The molecule has 0 aromatic heterocycles. The van der Waals surface area contributed by atoms with E-state index in [0.717, 1.165) is 25.8 Å². The molecule has 3 aliphatic rings. The summed E-state index contributed by atoms with van der Waals surface area (Å²) in [5.74, 6) is 0.0801. The number of piperazine rings is 1. The van der Waals surface area contributed by atoms with Gasteiger partial charge in [-0.2, -0.15) is 4.31 Å². The lowest BCUT2D eigenvalue weighted by Crippen LogP contribution is -2.58. The highest BCUT2D eigenvalue weighted by Gasteiger charge is 2.38. The Morgan fingerprint density at radius 1 is 1.18 bits per heavy atom. The van der Waals surface area contributed by atoms with Gasteiger partial charge in [0.25, 0.3) is 0 Å². The zero-order valence-corrected chi connectivity index (χ0v) is 13.7. The van der Waals surface area contributed by atoms with Crippen molar-refractivity contribution in [3.63, 3.8) is 0 Å². The highest BCUT2D eigenvalue weighted by molar-refractivity contribution is 7.89. The number of carbonyl (C=O) groups is 1. The SMILES string of the molecule is O=C1CNCCN1C1CCCN(S(=O)(=O)C2CCCOC2)C1. The van der Waals surface area contributed by atoms with Crippen molar-refractivity contribution in [2.24, 2.45) is 0 Å². The first kappa shape index (κ1) is 16.2. The van der Waals surface area contributed by atoms with Crippen molar-refractivity contribution in [1.29, 1.82) is 0 Å². The smallest absolute Gasteiger partial charge is 0.236 e. The Morgan fingerprint density at radius 3 is 2.77 bits per heavy atom. The van der Waals surface area contributed by atoms with E-state index in [0.29, 0.717) is 45.8 Å². The van der Waals surface area contributed by atoms with Crippen LogP contribution in [0.1, 0.15) is 25.7 Å². The van der Waals surface area contributed by atoms with E-state index in [1.54, 1.807) is 4.31 Å². The summed E-state index contributed by atoms with van der Waals surface area (Å²) in [6.45, 7) is 3.77. The molecule has 1 N–H and O–H groups in total. The Morgan fingerprint density at radius 2 is 2.05 bits per heavy atom. The molecule has 0 saturated carbocycles. The van der Waals surface area contributed by atoms with Crippen LogP contribution < -0.4 is 5.32 Å². The summed E-state index contributed by atoms with van der Waals surface area (Å²) >= 11 is 0. The zero-order chi connectivity index (χ0) is 15.6. The fraction of sp³-hybridized carbons (Fsp3) is 0.929. The number of amides is 1. The molecular weight excluding hydrogens is 306 g/mol. The van der Waals surface area contributed by atoms with Crippen molar-refractivity contribution in [3.05, 3.63) is 0 Å². The number of nitrogens with one attached hydrogen (secondary N) is 1. The summed E-state index contributed by atoms with van der Waals surface area (Å²) in [4.78, 5) is 13.9. The number of piperidine rings is 1. The van der Waals surface area contributed by atoms with Crippen LogP contribution in [0.25, 0.3) is 0 Å². The fourth-order valence-corrected chi connectivity index (χ4v) is 5.49. The number of rotatable bonds is 3. The first-order chi connectivity index (χ1) is 10.6. The van der Waals surface area contributed by atoms with Gasteiger partial charge in [-0.15, -0.1) is 0 Å². The Kier molecular flexibility index (Phi) is 5.01. The van der Waals surface area contributed by atoms with E-state index in [2.05, 4.69) is 5.32 Å². The first-order valence-electron chi connectivity index (χ1n) is 8.16. The molecule has 7 nitrogen and oxygen atoms in total. The van der Waals surface area contributed by atoms with E-state index < -0.39 is 15.3 Å². The van der Waals surface area contributed by atoms with Crippen molar-refractivity contribution in [2.45, 2.75) is 37.0 Å². The number of ether oxygens (including phenoxy) is 1. The lowest BCUT2D eigenvalue weighted by atomic mass is 10.1. The summed E-state index contributed by atoms with van der Waals surface area (Å²) < 4.78 is 32.5. The van der Waals surface area contributed by atoms with E-state index in [9.17, 15) is 13.2 Å². The van der Waals surface area contributed by atoms with Crippen LogP contribution in [0, 0.1) is 0 Å². The lowest BCUT2D eigenvalue weighted by Gasteiger charge is -2.41. The molecule has 3 heterocycles. The van der Waals surface area contributed by atoms with Gasteiger partial charge in [0, 0.05) is 38.8 Å². The van der Waals surface area contributed by atoms with Crippen molar-refractivity contribution < 1.29 is 17.9 Å². The van der Waals surface area contributed by atoms with Crippen LogP contribution >= 0.6 is 0 Å². The molecule has 3 fully saturated rings. The molecule has 0 spiro atoms. The molecule has 1 amide bonds. The summed E-state index contributed by atoms with van der Waals surface area (Å²) in [5, 5.41) is 2.64. The third-order valence-corrected chi connectivity index (χ3v) is 7.09. The van der Waals surface area contributed by atoms with Crippen molar-refractivity contribution in [1.82, 2.24) is 14.5 Å². The minimum Gasteiger partial charge on any atom is -0.380 e. The standard InChI is InChI=1S/C14H25N3O4S/c18-14-9-15-5-7-17(14)12-3-1-6-16(10-12)22(19,20)13-4-2-8-21-11-13/h12-13,15H,1-11H2. The monoisotopic (exact) mass is 331 g/mol. The minimum absolute atomic E-state index is 0.0163. The van der Waals surface area contributed by atoms with Crippen molar-refractivity contribution >= 4 is 15.9 Å². The predicted octanol–water partition coefficient (Wildman–Crippen LogP) is -0.609. The van der Waals surface area contributed by atoms with Gasteiger partial charge in [0.15, 0.2) is 0 Å². The molecule has 0 aromatic rings. The quantitative estimate of drug-likeness (QED) is 0.746. The molecule has 8 heteroatoms. The molecule has 3 aliphatic heterocycles. The molecule has 2 unspecified atom stereocenters. The Hall–Kier alpha value is -0.700. The van der Waals surface area contributed by atoms with Gasteiger partial charge in [-0.1, -0.05) is 0 Å². The van der Waals surface area contributed by atoms with E-state index >= 15 is 0 Å². The summed E-state index contributed by atoms with van der Waals surface area (Å²) in [6, 6.07) is 0.0163. The van der Waals surface area contributed by atoms with Crippen LogP contribution in [-0.4, -0.2) is 80.8 Å². The summed E-state index contributed by atoms with van der Waals surface area (Å²) in [7, 11) is -3.32. The number of carbonyl (C=O) groups excluding carboxylic acids is 1. The van der Waals surface area contributed by atoms with E-state index in [4.69, 9.17) is 4.74 Å². The van der Waals surface area contributed by atoms with Crippen LogP contribution in [0.2, 0.25) is 0 Å². The van der Waals surface area contributed by atoms with Gasteiger partial charge >= 0.3 is 0 Å². The second-order valence-corrected chi connectivity index (χ2v) is 8.52. The van der Waals surface area contributed by atoms with Gasteiger partial charge in [-0.05, 0) is 25.7 Å². The maximum absolute atomic E-state index is 12.8. The fourth-order valence-electron chi connectivity index (χ4n) is 3.57. The highest BCUT2D eigenvalue weighted by atomic mass is 32.2. The lowest BCUT2D eigenvalue weighted by molar-refractivity contribution is -0.135. The topological polar surface area (TPSA) is 79.0 Å². The second-order valence-electron chi connectivity index (χ2n) is 6.30. The number of nitrogens with zero attached hydrogens (tertiary/aromatic N) is 2. The molecule has 0 bridgehead atoms. The average Bonchev–Trinajstić information content (AvgIpc) is 2.56. The maximum atomic E-state index is 12.8. The Labute approximate surface area is 132 Å². The first-order valence-corrected chi connectivity index (χ1v) is 9.66. The van der Waals surface area contributed by atoms with Gasteiger partial charge in [0.05, 0.1) is 18.4 Å². The second kappa shape index (κ2) is 6.82. The average molecular weight is 331 g/mol. The van der Waals surface area contributed by atoms with Gasteiger partial charge < -0.3 is 15.0 Å². The van der Waals surface area contributed by atoms with Crippen LogP contribution in [-0.2, 0) is 19.6 Å². The number of sulfonamides is 1. The third-order valence-electron chi connectivity index (χ3n) is 4.83. The zero-order valence-electron chi connectivity index (χ0n) is 12.9. The van der Waals surface area contributed by atoms with Crippen LogP contribution in [0.15, 0.2) is 0 Å². The van der Waals surface area contributed by atoms with Crippen LogP contribution in [0.5, 0.6) is 0 Å². The molecular formula is C14H25N3O4S. The molecule has 22 heavy (non-hydrogen) atoms. The predicted molar refractivity (Wildman–Crippen MR) is 81.9 cm³/mol. The molecule has 0 radical (unpaired) electrons. The van der Waals surface area contributed by atoms with E-state index in [1.165, 1.54) is 0 Å². The van der Waals surface area contributed by atoms with Crippen LogP contribution in [0.4, 0.5) is 0 Å². The van der Waals surface area contributed by atoms with Gasteiger partial charge in [0.2, 0.25) is 15.9 Å². The van der Waals surface area contributed by atoms with Crippen molar-refractivity contribution in [2.75, 3.05) is 45.9 Å². The van der Waals surface area contributed by atoms with Crippen molar-refractivity contribution in [3.8, 4) is 0 Å². The number of hydrogen-bond donors (Lipinski definition) is 1. The molecule has 0 aromatic carbocycles. The van der Waals surface area contributed by atoms with Gasteiger partial charge in [-0.25, -0.2) is 8.42 Å². The van der Waals surface area contributed by atoms with Gasteiger partial charge in [-0.3, -0.25) is 4.79 Å². The summed E-state index contributed by atoms with van der Waals surface area (Å²) in [5.41, 5.74) is 0. The van der Waals surface area contributed by atoms with E-state index in [1.807, 2.05) is 4.90 Å². The number of hydrogen-bond acceptors (Lipinski definition) is 5. The van der Waals surface area contributed by atoms with Gasteiger partial charge in [0.1, 0.15) is 0 Å². The maximum Gasteiger partial charge on any atom is 0.236 e. The largest absolute Gasteiger partial charge is 0.380 e. The van der Waals surface area contributed by atoms with E-state index in [-0.39, 0.29) is 11.9 Å².